The van der Waals surface area contributed by atoms with Crippen molar-refractivity contribution in [3.05, 3.63) is 12.7 Å². The zero-order valence-corrected chi connectivity index (χ0v) is 18.7. The predicted octanol–water partition coefficient (Wildman–Crippen LogP) is 1.54. The van der Waals surface area contributed by atoms with E-state index in [0.29, 0.717) is 17.0 Å². The number of aliphatic hydroxyl groups excluding tert-OH is 2. The minimum atomic E-state index is -1.97. The summed E-state index contributed by atoms with van der Waals surface area (Å²) < 4.78 is 13.9. The van der Waals surface area contributed by atoms with Gasteiger partial charge in [-0.3, -0.25) is 4.57 Å². The Hall–Kier alpha value is -1.38. The fourth-order valence-corrected chi connectivity index (χ4v) is 5.08. The van der Waals surface area contributed by atoms with Crippen LogP contribution in [-0.4, -0.2) is 71.2 Å². The van der Waals surface area contributed by atoms with E-state index >= 15 is 0 Å². The second-order valence-electron chi connectivity index (χ2n) is 8.85. The van der Waals surface area contributed by atoms with E-state index in [1.165, 1.54) is 6.33 Å². The molecule has 9 nitrogen and oxygen atoms in total. The summed E-state index contributed by atoms with van der Waals surface area (Å²) in [6.07, 6.45) is 0.262. The summed E-state index contributed by atoms with van der Waals surface area (Å²) >= 11 is 0. The molecule has 2 aromatic heterocycles. The molecule has 0 bridgehead atoms. The minimum Gasteiger partial charge on any atom is -0.407 e. The van der Waals surface area contributed by atoms with E-state index in [9.17, 15) is 10.2 Å². The lowest BCUT2D eigenvalue weighted by molar-refractivity contribution is -0.0493. The lowest BCUT2D eigenvalue weighted by Crippen LogP contribution is -2.42. The number of imidazole rings is 1. The van der Waals surface area contributed by atoms with Crippen molar-refractivity contribution in [2.24, 2.45) is 0 Å². The Labute approximate surface area is 161 Å². The molecule has 2 aromatic rings. The Balaban J connectivity index is 2.01. The minimum absolute atomic E-state index is 0.284. The number of anilines is 1. The Kier molecular flexibility index (Phi) is 5.45. The topological polar surface area (TPSA) is 115 Å². The van der Waals surface area contributed by atoms with Gasteiger partial charge >= 0.3 is 0 Å². The molecule has 1 fully saturated rings. The largest absolute Gasteiger partial charge is 0.407 e. The van der Waals surface area contributed by atoms with Crippen LogP contribution in [0.2, 0.25) is 39.3 Å². The van der Waals surface area contributed by atoms with Crippen LogP contribution < -0.4 is 4.98 Å². The van der Waals surface area contributed by atoms with E-state index in [0.717, 1.165) is 0 Å². The van der Waals surface area contributed by atoms with Crippen LogP contribution in [-0.2, 0) is 9.16 Å². The molecule has 0 amide bonds. The van der Waals surface area contributed by atoms with Gasteiger partial charge in [-0.25, -0.2) is 15.0 Å². The lowest BCUT2D eigenvalue weighted by Gasteiger charge is -2.29. The highest BCUT2D eigenvalue weighted by atomic mass is 28.4. The number of hydrogen-bond acceptors (Lipinski definition) is 8. The van der Waals surface area contributed by atoms with Crippen LogP contribution >= 0.6 is 0 Å². The van der Waals surface area contributed by atoms with E-state index in [-0.39, 0.29) is 6.61 Å². The van der Waals surface area contributed by atoms with Gasteiger partial charge < -0.3 is 24.4 Å². The third kappa shape index (κ3) is 4.38. The summed E-state index contributed by atoms with van der Waals surface area (Å²) in [6.45, 7) is 12.4. The Morgan fingerprint density at radius 1 is 1.19 bits per heavy atom. The fraction of sp³-hybridized carbons (Fsp3) is 0.688. The molecule has 3 heterocycles. The number of aromatic nitrogens is 4. The van der Waals surface area contributed by atoms with E-state index in [2.05, 4.69) is 39.6 Å². The average Bonchev–Trinajstić information content (AvgIpc) is 3.08. The second-order valence-corrected chi connectivity index (χ2v) is 18.1. The quantitative estimate of drug-likeness (QED) is 0.613. The SMILES string of the molecule is C[Si](C)(C)Nc1ncnc2c1ncn2[C@@H]1O[C@H](CO)[C@@H](O)[C@H]1O[Si](C)(C)C. The van der Waals surface area contributed by atoms with Crippen LogP contribution in [0.4, 0.5) is 5.82 Å². The number of nitrogens with zero attached hydrogens (tertiary/aromatic N) is 4. The van der Waals surface area contributed by atoms with Gasteiger partial charge in [-0.15, -0.1) is 0 Å². The summed E-state index contributed by atoms with van der Waals surface area (Å²) in [5.74, 6) is 0.692. The second kappa shape index (κ2) is 7.22. The smallest absolute Gasteiger partial charge is 0.184 e. The van der Waals surface area contributed by atoms with E-state index < -0.39 is 41.1 Å². The summed E-state index contributed by atoms with van der Waals surface area (Å²) in [6, 6.07) is 0. The van der Waals surface area contributed by atoms with E-state index in [1.54, 1.807) is 10.9 Å². The number of aliphatic hydroxyl groups is 2. The van der Waals surface area contributed by atoms with Crippen molar-refractivity contribution in [2.45, 2.75) is 63.8 Å². The van der Waals surface area contributed by atoms with Crippen molar-refractivity contribution in [3.8, 4) is 0 Å². The van der Waals surface area contributed by atoms with Gasteiger partial charge in [0.2, 0.25) is 0 Å². The first kappa shape index (κ1) is 20.4. The number of hydrogen-bond donors (Lipinski definition) is 3. The number of rotatable bonds is 6. The summed E-state index contributed by atoms with van der Waals surface area (Å²) in [4.78, 5) is 16.7. The highest BCUT2D eigenvalue weighted by Gasteiger charge is 2.47. The van der Waals surface area contributed by atoms with Gasteiger partial charge in [0.1, 0.15) is 44.2 Å². The van der Waals surface area contributed by atoms with Crippen LogP contribution in [0.5, 0.6) is 0 Å². The molecule has 1 aliphatic heterocycles. The first-order chi connectivity index (χ1) is 12.5. The van der Waals surface area contributed by atoms with Crippen LogP contribution in [0.25, 0.3) is 11.2 Å². The normalized spacial score (nSPS) is 26.7. The molecule has 0 aliphatic carbocycles. The molecule has 0 spiro atoms. The first-order valence-electron chi connectivity index (χ1n) is 9.08. The van der Waals surface area contributed by atoms with Gasteiger partial charge in [0, 0.05) is 0 Å². The zero-order valence-electron chi connectivity index (χ0n) is 16.7. The zero-order chi connectivity index (χ0) is 20.0. The number of ether oxygens (including phenoxy) is 1. The van der Waals surface area contributed by atoms with E-state index in [1.807, 2.05) is 19.6 Å². The van der Waals surface area contributed by atoms with Crippen molar-refractivity contribution >= 4 is 33.5 Å². The highest BCUT2D eigenvalue weighted by molar-refractivity contribution is 6.79. The third-order valence-electron chi connectivity index (χ3n) is 4.11. The van der Waals surface area contributed by atoms with Crippen molar-refractivity contribution in [1.29, 1.82) is 0 Å². The first-order valence-corrected chi connectivity index (χ1v) is 16.0. The third-order valence-corrected chi connectivity index (χ3v) is 6.07. The molecule has 0 aromatic carbocycles. The van der Waals surface area contributed by atoms with Crippen LogP contribution in [0.3, 0.4) is 0 Å². The number of fused-ring (bicyclic) bond motifs is 1. The molecule has 4 atom stereocenters. The van der Waals surface area contributed by atoms with E-state index in [4.69, 9.17) is 9.16 Å². The van der Waals surface area contributed by atoms with Crippen LogP contribution in [0, 0.1) is 0 Å². The molecular weight excluding hydrogens is 382 g/mol. The van der Waals surface area contributed by atoms with Crippen LogP contribution in [0.15, 0.2) is 12.7 Å². The molecule has 0 unspecified atom stereocenters. The van der Waals surface area contributed by atoms with Crippen molar-refractivity contribution in [2.75, 3.05) is 11.6 Å². The molecule has 3 rings (SSSR count). The maximum atomic E-state index is 10.6. The number of nitrogens with one attached hydrogen (secondary N) is 1. The van der Waals surface area contributed by atoms with Gasteiger partial charge in [0.25, 0.3) is 0 Å². The predicted molar refractivity (Wildman–Crippen MR) is 108 cm³/mol. The van der Waals surface area contributed by atoms with Gasteiger partial charge in [-0.2, -0.15) is 0 Å². The summed E-state index contributed by atoms with van der Waals surface area (Å²) in [5.41, 5.74) is 1.25. The maximum Gasteiger partial charge on any atom is 0.184 e. The van der Waals surface area contributed by atoms with Gasteiger partial charge in [0.05, 0.1) is 12.9 Å². The average molecular weight is 412 g/mol. The van der Waals surface area contributed by atoms with Crippen molar-refractivity contribution < 1.29 is 19.4 Å². The molecule has 1 aliphatic rings. The standard InChI is InChI=1S/C16H29N5O4Si2/c1-26(2,3)20-14-11-15(18-8-17-14)21(9-19-11)16-13(25-27(4,5)6)12(23)10(7-22)24-16/h8-10,12-13,16,22-23H,7H2,1-6H3,(H,17,18,20)/t10-,12-,13-,16-/m1/s1. The highest BCUT2D eigenvalue weighted by Crippen LogP contribution is 2.35. The van der Waals surface area contributed by atoms with Gasteiger partial charge in [-0.1, -0.05) is 19.6 Å². The fourth-order valence-electron chi connectivity index (χ4n) is 3.11. The molecule has 150 valence electrons. The molecule has 3 N–H and O–H groups in total. The van der Waals surface area contributed by atoms with Gasteiger partial charge in [-0.05, 0) is 19.6 Å². The molecule has 0 radical (unpaired) electrons. The summed E-state index contributed by atoms with van der Waals surface area (Å²) in [7, 11) is -3.59. The monoisotopic (exact) mass is 411 g/mol. The molecule has 0 saturated carbocycles. The molecule has 27 heavy (non-hydrogen) atoms. The van der Waals surface area contributed by atoms with Crippen molar-refractivity contribution in [1.82, 2.24) is 19.5 Å². The molecular formula is C16H29N5O4Si2. The van der Waals surface area contributed by atoms with Crippen LogP contribution in [0.1, 0.15) is 6.23 Å². The Morgan fingerprint density at radius 2 is 1.89 bits per heavy atom. The van der Waals surface area contributed by atoms with Gasteiger partial charge in [0.15, 0.2) is 20.2 Å². The maximum absolute atomic E-state index is 10.6. The molecule has 1 saturated heterocycles. The molecule has 11 heteroatoms. The lowest BCUT2D eigenvalue weighted by atomic mass is 10.1. The Bertz CT molecular complexity index is 804. The Morgan fingerprint density at radius 3 is 2.48 bits per heavy atom. The summed E-state index contributed by atoms with van der Waals surface area (Å²) in [5, 5.41) is 20.2. The van der Waals surface area contributed by atoms with Crippen molar-refractivity contribution in [3.63, 3.8) is 0 Å².